The number of para-hydroxylation sites is 1. The average molecular weight is 388 g/mol. The molecule has 5 heteroatoms. The van der Waals surface area contributed by atoms with E-state index in [1.807, 2.05) is 71.2 Å². The molecule has 0 saturated carbocycles. The van der Waals surface area contributed by atoms with Crippen molar-refractivity contribution in [2.75, 3.05) is 0 Å². The molecule has 0 amide bonds. The molecule has 6 aromatic rings. The van der Waals surface area contributed by atoms with Crippen LogP contribution in [0, 0.1) is 0 Å². The molecule has 6 rings (SSSR count). The van der Waals surface area contributed by atoms with Gasteiger partial charge in [-0.2, -0.15) is 5.10 Å². The molecule has 0 aliphatic heterocycles. The molecule has 0 spiro atoms. The first-order valence-corrected chi connectivity index (χ1v) is 9.72. The minimum absolute atomic E-state index is 0.501. The maximum Gasteiger partial charge on any atom is 0.248 e. The Labute approximate surface area is 172 Å². The van der Waals surface area contributed by atoms with Crippen molar-refractivity contribution in [3.8, 4) is 34.2 Å². The highest BCUT2D eigenvalue weighted by molar-refractivity contribution is 5.83. The quantitative estimate of drug-likeness (QED) is 0.380. The van der Waals surface area contributed by atoms with Crippen LogP contribution >= 0.6 is 0 Å². The van der Waals surface area contributed by atoms with Crippen molar-refractivity contribution in [2.45, 2.75) is 0 Å². The minimum atomic E-state index is 0.501. The summed E-state index contributed by atoms with van der Waals surface area (Å²) < 4.78 is 7.84. The van der Waals surface area contributed by atoms with Crippen LogP contribution in [0.25, 0.3) is 50.6 Å². The summed E-state index contributed by atoms with van der Waals surface area (Å²) in [5.41, 5.74) is 5.91. The fourth-order valence-corrected chi connectivity index (χ4v) is 3.67. The predicted molar refractivity (Wildman–Crippen MR) is 117 cm³/mol. The van der Waals surface area contributed by atoms with Crippen molar-refractivity contribution in [1.82, 2.24) is 19.8 Å². The Hall–Kier alpha value is -4.25. The van der Waals surface area contributed by atoms with Crippen LogP contribution in [0.15, 0.2) is 101 Å². The molecule has 0 atom stereocenters. The van der Waals surface area contributed by atoms with Gasteiger partial charge in [-0.1, -0.05) is 54.6 Å². The Balaban J connectivity index is 1.35. The van der Waals surface area contributed by atoms with Gasteiger partial charge in [-0.3, -0.25) is 0 Å². The number of benzene rings is 3. The summed E-state index contributed by atoms with van der Waals surface area (Å²) in [4.78, 5) is 0. The van der Waals surface area contributed by atoms with E-state index in [-0.39, 0.29) is 0 Å². The standard InChI is InChI=1S/C25H16N4O/c1-2-7-19(8-3-1)24-26-27-25(30-24)20-12-10-17(11-13-20)22-16-21-15-14-18-6-4-5-9-23(18)29(21)28-22/h1-16H. The van der Waals surface area contributed by atoms with Crippen molar-refractivity contribution in [2.24, 2.45) is 0 Å². The average Bonchev–Trinajstić information content (AvgIpc) is 3.48. The molecule has 0 radical (unpaired) electrons. The molecular formula is C25H16N4O. The van der Waals surface area contributed by atoms with Crippen molar-refractivity contribution in [3.63, 3.8) is 0 Å². The molecule has 0 bridgehead atoms. The van der Waals surface area contributed by atoms with Gasteiger partial charge in [0.25, 0.3) is 0 Å². The summed E-state index contributed by atoms with van der Waals surface area (Å²) in [6.45, 7) is 0. The number of nitrogens with zero attached hydrogens (tertiary/aromatic N) is 4. The summed E-state index contributed by atoms with van der Waals surface area (Å²) in [7, 11) is 0. The fraction of sp³-hybridized carbons (Fsp3) is 0. The lowest BCUT2D eigenvalue weighted by molar-refractivity contribution is 0.584. The molecule has 0 N–H and O–H groups in total. The van der Waals surface area contributed by atoms with Gasteiger partial charge >= 0.3 is 0 Å². The zero-order valence-electron chi connectivity index (χ0n) is 15.9. The first kappa shape index (κ1) is 16.7. The Morgan fingerprint density at radius 2 is 1.27 bits per heavy atom. The van der Waals surface area contributed by atoms with Crippen molar-refractivity contribution >= 4 is 16.4 Å². The third-order valence-electron chi connectivity index (χ3n) is 5.21. The highest BCUT2D eigenvalue weighted by Gasteiger charge is 2.12. The second kappa shape index (κ2) is 6.67. The van der Waals surface area contributed by atoms with E-state index in [0.717, 1.165) is 33.4 Å². The Morgan fingerprint density at radius 3 is 2.07 bits per heavy atom. The molecule has 3 heterocycles. The molecule has 0 aliphatic carbocycles. The molecule has 0 saturated heterocycles. The summed E-state index contributed by atoms with van der Waals surface area (Å²) >= 11 is 0. The third kappa shape index (κ3) is 2.76. The monoisotopic (exact) mass is 388 g/mol. The first-order chi connectivity index (χ1) is 14.8. The smallest absolute Gasteiger partial charge is 0.248 e. The molecule has 30 heavy (non-hydrogen) atoms. The highest BCUT2D eigenvalue weighted by Crippen LogP contribution is 2.27. The number of fused-ring (bicyclic) bond motifs is 3. The van der Waals surface area contributed by atoms with E-state index in [0.29, 0.717) is 11.8 Å². The second-order valence-electron chi connectivity index (χ2n) is 7.11. The predicted octanol–water partition coefficient (Wildman–Crippen LogP) is 5.87. The van der Waals surface area contributed by atoms with Crippen LogP contribution in [0.2, 0.25) is 0 Å². The number of pyridine rings is 1. The number of hydrogen-bond donors (Lipinski definition) is 0. The van der Waals surface area contributed by atoms with Gasteiger partial charge in [0.2, 0.25) is 11.8 Å². The van der Waals surface area contributed by atoms with Crippen LogP contribution in [0.3, 0.4) is 0 Å². The molecule has 3 aromatic carbocycles. The molecular weight excluding hydrogens is 372 g/mol. The summed E-state index contributed by atoms with van der Waals surface area (Å²) in [6.07, 6.45) is 0. The van der Waals surface area contributed by atoms with Crippen molar-refractivity contribution < 1.29 is 4.42 Å². The lowest BCUT2D eigenvalue weighted by atomic mass is 10.1. The second-order valence-corrected chi connectivity index (χ2v) is 7.11. The van der Waals surface area contributed by atoms with E-state index >= 15 is 0 Å². The molecule has 0 unspecified atom stereocenters. The Morgan fingerprint density at radius 1 is 0.600 bits per heavy atom. The topological polar surface area (TPSA) is 56.2 Å². The summed E-state index contributed by atoms with van der Waals surface area (Å²) in [5, 5.41) is 14.4. The van der Waals surface area contributed by atoms with E-state index in [4.69, 9.17) is 9.52 Å². The van der Waals surface area contributed by atoms with E-state index in [2.05, 4.69) is 40.5 Å². The SMILES string of the molecule is c1ccc(-c2nnc(-c3ccc(-c4cc5ccc6ccccc6n5n4)cc3)o2)cc1. The van der Waals surface area contributed by atoms with Gasteiger partial charge in [-0.05, 0) is 42.5 Å². The van der Waals surface area contributed by atoms with Gasteiger partial charge in [-0.25, -0.2) is 4.52 Å². The van der Waals surface area contributed by atoms with Crippen LogP contribution in [0.4, 0.5) is 0 Å². The zero-order chi connectivity index (χ0) is 19.9. The van der Waals surface area contributed by atoms with E-state index in [1.54, 1.807) is 0 Å². The molecule has 3 aromatic heterocycles. The maximum absolute atomic E-state index is 5.86. The van der Waals surface area contributed by atoms with Gasteiger partial charge in [0.1, 0.15) is 0 Å². The molecule has 0 fully saturated rings. The van der Waals surface area contributed by atoms with Crippen LogP contribution in [0.1, 0.15) is 0 Å². The summed E-state index contributed by atoms with van der Waals surface area (Å²) in [5.74, 6) is 1.02. The zero-order valence-corrected chi connectivity index (χ0v) is 15.9. The number of hydrogen-bond acceptors (Lipinski definition) is 4. The molecule has 0 aliphatic rings. The number of rotatable bonds is 3. The van der Waals surface area contributed by atoms with E-state index < -0.39 is 0 Å². The first-order valence-electron chi connectivity index (χ1n) is 9.72. The molecule has 142 valence electrons. The van der Waals surface area contributed by atoms with Gasteiger partial charge in [0.05, 0.1) is 16.7 Å². The maximum atomic E-state index is 5.86. The highest BCUT2D eigenvalue weighted by atomic mass is 16.4. The van der Waals surface area contributed by atoms with Gasteiger partial charge in [0.15, 0.2) is 0 Å². The Bertz CT molecular complexity index is 1480. The third-order valence-corrected chi connectivity index (χ3v) is 5.21. The van der Waals surface area contributed by atoms with Crippen LogP contribution in [-0.4, -0.2) is 19.8 Å². The van der Waals surface area contributed by atoms with Gasteiger partial charge in [-0.15, -0.1) is 10.2 Å². The van der Waals surface area contributed by atoms with Crippen LogP contribution < -0.4 is 0 Å². The summed E-state index contributed by atoms with van der Waals surface area (Å²) in [6, 6.07) is 32.4. The lowest BCUT2D eigenvalue weighted by Crippen LogP contribution is -1.90. The minimum Gasteiger partial charge on any atom is -0.416 e. The largest absolute Gasteiger partial charge is 0.416 e. The molecule has 5 nitrogen and oxygen atoms in total. The van der Waals surface area contributed by atoms with Gasteiger partial charge < -0.3 is 4.42 Å². The van der Waals surface area contributed by atoms with Crippen molar-refractivity contribution in [1.29, 1.82) is 0 Å². The normalized spacial score (nSPS) is 11.3. The van der Waals surface area contributed by atoms with Crippen LogP contribution in [0.5, 0.6) is 0 Å². The van der Waals surface area contributed by atoms with Crippen molar-refractivity contribution in [3.05, 3.63) is 97.1 Å². The van der Waals surface area contributed by atoms with E-state index in [1.165, 1.54) is 5.39 Å². The lowest BCUT2D eigenvalue weighted by Gasteiger charge is -2.00. The fourth-order valence-electron chi connectivity index (χ4n) is 3.67. The van der Waals surface area contributed by atoms with E-state index in [9.17, 15) is 0 Å². The Kier molecular flexibility index (Phi) is 3.71. The number of aromatic nitrogens is 4. The van der Waals surface area contributed by atoms with Crippen LogP contribution in [-0.2, 0) is 0 Å². The van der Waals surface area contributed by atoms with Gasteiger partial charge in [0, 0.05) is 22.1 Å².